The molecule has 1 aromatic carbocycles. The number of rotatable bonds is 3. The SMILES string of the molecule is Nc1ccc(Br)c(NS(=O)(=O)N2CCOCC2)c1. The Morgan fingerprint density at radius 1 is 1.33 bits per heavy atom. The van der Waals surface area contributed by atoms with Crippen molar-refractivity contribution >= 4 is 37.5 Å². The van der Waals surface area contributed by atoms with Gasteiger partial charge in [-0.05, 0) is 34.1 Å². The zero-order valence-corrected chi connectivity index (χ0v) is 12.0. The predicted molar refractivity (Wildman–Crippen MR) is 73.5 cm³/mol. The number of nitrogens with one attached hydrogen (secondary N) is 1. The molecule has 2 rings (SSSR count). The Hall–Kier alpha value is -0.830. The molecule has 1 aliphatic heterocycles. The molecule has 0 amide bonds. The highest BCUT2D eigenvalue weighted by Crippen LogP contribution is 2.26. The molecule has 8 heteroatoms. The van der Waals surface area contributed by atoms with E-state index in [0.717, 1.165) is 0 Å². The molecule has 1 saturated heterocycles. The number of halogens is 1. The van der Waals surface area contributed by atoms with Gasteiger partial charge in [0.15, 0.2) is 0 Å². The van der Waals surface area contributed by atoms with Crippen LogP contribution in [0.15, 0.2) is 22.7 Å². The van der Waals surface area contributed by atoms with Crippen LogP contribution in [0.1, 0.15) is 0 Å². The van der Waals surface area contributed by atoms with Gasteiger partial charge in [0.25, 0.3) is 0 Å². The van der Waals surface area contributed by atoms with Crippen molar-refractivity contribution in [2.24, 2.45) is 0 Å². The molecule has 100 valence electrons. The monoisotopic (exact) mass is 335 g/mol. The first-order valence-corrected chi connectivity index (χ1v) is 7.63. The summed E-state index contributed by atoms with van der Waals surface area (Å²) in [4.78, 5) is 0. The second-order valence-electron chi connectivity index (χ2n) is 3.86. The summed E-state index contributed by atoms with van der Waals surface area (Å²) >= 11 is 3.28. The van der Waals surface area contributed by atoms with Crippen molar-refractivity contribution < 1.29 is 13.2 Å². The van der Waals surface area contributed by atoms with Gasteiger partial charge in [0, 0.05) is 23.2 Å². The highest BCUT2D eigenvalue weighted by molar-refractivity contribution is 9.10. The molecule has 3 N–H and O–H groups in total. The maximum Gasteiger partial charge on any atom is 0.301 e. The van der Waals surface area contributed by atoms with Gasteiger partial charge in [0.1, 0.15) is 0 Å². The van der Waals surface area contributed by atoms with E-state index in [1.807, 2.05) is 0 Å². The van der Waals surface area contributed by atoms with Crippen LogP contribution in [-0.2, 0) is 14.9 Å². The third-order valence-electron chi connectivity index (χ3n) is 2.54. The molecule has 0 radical (unpaired) electrons. The topological polar surface area (TPSA) is 84.7 Å². The first-order chi connectivity index (χ1) is 8.49. The largest absolute Gasteiger partial charge is 0.399 e. The fourth-order valence-electron chi connectivity index (χ4n) is 1.61. The normalized spacial score (nSPS) is 17.6. The lowest BCUT2D eigenvalue weighted by Crippen LogP contribution is -2.43. The Labute approximate surface area is 114 Å². The molecular formula is C10H14BrN3O3S. The quantitative estimate of drug-likeness (QED) is 0.807. The summed E-state index contributed by atoms with van der Waals surface area (Å²) in [5, 5.41) is 0. The van der Waals surface area contributed by atoms with Crippen molar-refractivity contribution in [3.63, 3.8) is 0 Å². The van der Waals surface area contributed by atoms with Crippen LogP contribution in [-0.4, -0.2) is 39.0 Å². The average molecular weight is 336 g/mol. The van der Waals surface area contributed by atoms with Gasteiger partial charge in [-0.1, -0.05) is 0 Å². The third-order valence-corrected chi connectivity index (χ3v) is 4.75. The number of morpholine rings is 1. The second kappa shape index (κ2) is 5.43. The maximum absolute atomic E-state index is 12.1. The number of ether oxygens (including phenoxy) is 1. The molecule has 0 saturated carbocycles. The van der Waals surface area contributed by atoms with Crippen LogP contribution >= 0.6 is 15.9 Å². The number of hydrogen-bond acceptors (Lipinski definition) is 4. The van der Waals surface area contributed by atoms with Gasteiger partial charge in [0.05, 0.1) is 18.9 Å². The number of anilines is 2. The lowest BCUT2D eigenvalue weighted by molar-refractivity contribution is 0.0733. The molecule has 0 atom stereocenters. The maximum atomic E-state index is 12.1. The number of nitrogens with two attached hydrogens (primary N) is 1. The van der Waals surface area contributed by atoms with E-state index in [9.17, 15) is 8.42 Å². The van der Waals surface area contributed by atoms with E-state index in [2.05, 4.69) is 20.7 Å². The van der Waals surface area contributed by atoms with Gasteiger partial charge < -0.3 is 10.5 Å². The summed E-state index contributed by atoms with van der Waals surface area (Å²) in [6.07, 6.45) is 0. The van der Waals surface area contributed by atoms with E-state index in [4.69, 9.17) is 10.5 Å². The first-order valence-electron chi connectivity index (χ1n) is 5.40. The van der Waals surface area contributed by atoms with E-state index in [1.165, 1.54) is 4.31 Å². The predicted octanol–water partition coefficient (Wildman–Crippen LogP) is 1.02. The molecule has 6 nitrogen and oxygen atoms in total. The highest BCUT2D eigenvalue weighted by Gasteiger charge is 2.24. The van der Waals surface area contributed by atoms with Gasteiger partial charge >= 0.3 is 10.2 Å². The Kier molecular flexibility index (Phi) is 4.10. The number of hydrogen-bond donors (Lipinski definition) is 2. The summed E-state index contributed by atoms with van der Waals surface area (Å²) < 4.78 is 33.9. The fourth-order valence-corrected chi connectivity index (χ4v) is 3.29. The molecule has 0 bridgehead atoms. The van der Waals surface area contributed by atoms with Gasteiger partial charge in [-0.25, -0.2) is 0 Å². The van der Waals surface area contributed by atoms with Crippen molar-refractivity contribution in [3.8, 4) is 0 Å². The van der Waals surface area contributed by atoms with Crippen LogP contribution in [0.25, 0.3) is 0 Å². The fraction of sp³-hybridized carbons (Fsp3) is 0.400. The Balaban J connectivity index is 2.18. The van der Waals surface area contributed by atoms with Gasteiger partial charge in [-0.3, -0.25) is 4.72 Å². The molecule has 1 fully saturated rings. The van der Waals surface area contributed by atoms with Crippen molar-refractivity contribution in [1.29, 1.82) is 0 Å². The summed E-state index contributed by atoms with van der Waals surface area (Å²) in [7, 11) is -3.56. The lowest BCUT2D eigenvalue weighted by Gasteiger charge is -2.26. The van der Waals surface area contributed by atoms with Crippen LogP contribution in [0.2, 0.25) is 0 Å². The zero-order chi connectivity index (χ0) is 13.2. The van der Waals surface area contributed by atoms with Crippen molar-refractivity contribution in [2.45, 2.75) is 0 Å². The Bertz CT molecular complexity index is 529. The van der Waals surface area contributed by atoms with Crippen molar-refractivity contribution in [3.05, 3.63) is 22.7 Å². The molecule has 0 unspecified atom stereocenters. The van der Waals surface area contributed by atoms with Gasteiger partial charge in [-0.2, -0.15) is 12.7 Å². The standard InChI is InChI=1S/C10H14BrN3O3S/c11-9-2-1-8(12)7-10(9)13-18(15,16)14-3-5-17-6-4-14/h1-2,7,13H,3-6,12H2. The van der Waals surface area contributed by atoms with Crippen LogP contribution in [0.5, 0.6) is 0 Å². The number of nitrogens with zero attached hydrogens (tertiary/aromatic N) is 1. The average Bonchev–Trinajstić information content (AvgIpc) is 2.35. The molecule has 0 spiro atoms. The van der Waals surface area contributed by atoms with Crippen LogP contribution in [0.3, 0.4) is 0 Å². The molecule has 1 aliphatic rings. The van der Waals surface area contributed by atoms with Crippen LogP contribution in [0.4, 0.5) is 11.4 Å². The molecule has 18 heavy (non-hydrogen) atoms. The summed E-state index contributed by atoms with van der Waals surface area (Å²) in [5.74, 6) is 0. The second-order valence-corrected chi connectivity index (χ2v) is 6.38. The molecule has 0 aromatic heterocycles. The Morgan fingerprint density at radius 3 is 2.67 bits per heavy atom. The molecule has 0 aliphatic carbocycles. The zero-order valence-electron chi connectivity index (χ0n) is 9.60. The van der Waals surface area contributed by atoms with E-state index in [1.54, 1.807) is 18.2 Å². The van der Waals surface area contributed by atoms with Crippen LogP contribution < -0.4 is 10.5 Å². The van der Waals surface area contributed by atoms with Gasteiger partial charge in [-0.15, -0.1) is 0 Å². The minimum absolute atomic E-state index is 0.356. The lowest BCUT2D eigenvalue weighted by atomic mass is 10.3. The van der Waals surface area contributed by atoms with Crippen molar-refractivity contribution in [1.82, 2.24) is 4.31 Å². The summed E-state index contributed by atoms with van der Waals surface area (Å²) in [6.45, 7) is 1.54. The Morgan fingerprint density at radius 2 is 2.00 bits per heavy atom. The molecular weight excluding hydrogens is 322 g/mol. The summed E-state index contributed by atoms with van der Waals surface area (Å²) in [5.41, 5.74) is 6.57. The van der Waals surface area contributed by atoms with E-state index >= 15 is 0 Å². The summed E-state index contributed by atoms with van der Waals surface area (Å²) in [6, 6.07) is 4.96. The van der Waals surface area contributed by atoms with Crippen LogP contribution in [0, 0.1) is 0 Å². The highest BCUT2D eigenvalue weighted by atomic mass is 79.9. The minimum atomic E-state index is -3.56. The number of nitrogen functional groups attached to an aromatic ring is 1. The molecule has 1 aromatic rings. The van der Waals surface area contributed by atoms with E-state index in [0.29, 0.717) is 42.2 Å². The first kappa shape index (κ1) is 13.6. The van der Waals surface area contributed by atoms with E-state index < -0.39 is 10.2 Å². The number of benzene rings is 1. The van der Waals surface area contributed by atoms with Gasteiger partial charge in [0.2, 0.25) is 0 Å². The molecule has 1 heterocycles. The minimum Gasteiger partial charge on any atom is -0.399 e. The smallest absolute Gasteiger partial charge is 0.301 e. The van der Waals surface area contributed by atoms with Crippen molar-refractivity contribution in [2.75, 3.05) is 36.8 Å². The van der Waals surface area contributed by atoms with E-state index in [-0.39, 0.29) is 0 Å². The third kappa shape index (κ3) is 3.14.